The number of carbonyl (C=O) groups is 1. The Hall–Kier alpha value is -1.55. The number of hydrogen-bond donors (Lipinski definition) is 2. The molecule has 0 spiro atoms. The van der Waals surface area contributed by atoms with E-state index < -0.39 is 5.97 Å². The molecule has 3 N–H and O–H groups in total. The van der Waals surface area contributed by atoms with Crippen molar-refractivity contribution in [3.05, 3.63) is 29.1 Å². The minimum Gasteiger partial charge on any atom is -0.481 e. The third kappa shape index (κ3) is 3.06. The molecule has 1 aromatic rings. The summed E-state index contributed by atoms with van der Waals surface area (Å²) < 4.78 is 0. The number of rotatable bonds is 3. The molecule has 0 radical (unpaired) electrons. The molecule has 0 aromatic carbocycles. The predicted octanol–water partition coefficient (Wildman–Crippen LogP) is 1.81. The highest BCUT2D eigenvalue weighted by Crippen LogP contribution is 2.14. The topological polar surface area (TPSA) is 76.2 Å². The fourth-order valence-corrected chi connectivity index (χ4v) is 1.02. The van der Waals surface area contributed by atoms with Crippen LogP contribution in [0.2, 0.25) is 5.15 Å². The first-order chi connectivity index (χ1) is 6.59. The number of carboxylic acids is 1. The minimum atomic E-state index is -0.901. The molecule has 1 aromatic heterocycles. The summed E-state index contributed by atoms with van der Waals surface area (Å²) in [5, 5.41) is 8.71. The number of aromatic nitrogens is 1. The average Bonchev–Trinajstić information content (AvgIpc) is 2.10. The monoisotopic (exact) mass is 212 g/mol. The lowest BCUT2D eigenvalue weighted by molar-refractivity contribution is -0.135. The highest BCUT2D eigenvalue weighted by atomic mass is 35.5. The third-order valence-corrected chi connectivity index (χ3v) is 1.70. The normalized spacial score (nSPS) is 10.6. The van der Waals surface area contributed by atoms with Crippen LogP contribution in [0.4, 0.5) is 5.69 Å². The number of hydrogen-bond acceptors (Lipinski definition) is 3. The van der Waals surface area contributed by atoms with Gasteiger partial charge >= 0.3 is 5.97 Å². The summed E-state index contributed by atoms with van der Waals surface area (Å²) in [5.74, 6) is -0.901. The van der Waals surface area contributed by atoms with Crippen molar-refractivity contribution in [3.8, 4) is 0 Å². The Labute approximate surface area is 86.0 Å². The van der Waals surface area contributed by atoms with E-state index in [1.165, 1.54) is 12.2 Å². The summed E-state index contributed by atoms with van der Waals surface area (Å²) in [6.45, 7) is 0. The lowest BCUT2D eigenvalue weighted by Gasteiger charge is -1.98. The zero-order valence-corrected chi connectivity index (χ0v) is 8.03. The molecular weight excluding hydrogens is 204 g/mol. The van der Waals surface area contributed by atoms with Crippen LogP contribution >= 0.6 is 11.6 Å². The number of nitrogens with zero attached hydrogens (tertiary/aromatic N) is 1. The molecule has 5 heteroatoms. The highest BCUT2D eigenvalue weighted by Gasteiger charge is 1.98. The molecular formula is C9H9ClN2O2. The van der Waals surface area contributed by atoms with Crippen LogP contribution in [0.3, 0.4) is 0 Å². The van der Waals surface area contributed by atoms with Gasteiger partial charge in [0.2, 0.25) is 0 Å². The van der Waals surface area contributed by atoms with Crippen molar-refractivity contribution in [2.75, 3.05) is 5.73 Å². The van der Waals surface area contributed by atoms with Crippen LogP contribution in [0, 0.1) is 0 Å². The quantitative estimate of drug-likeness (QED) is 0.750. The van der Waals surface area contributed by atoms with Gasteiger partial charge in [-0.05, 0) is 18.2 Å². The van der Waals surface area contributed by atoms with E-state index in [1.54, 1.807) is 12.1 Å². The Morgan fingerprint density at radius 3 is 3.00 bits per heavy atom. The van der Waals surface area contributed by atoms with Crippen molar-refractivity contribution in [2.24, 2.45) is 0 Å². The van der Waals surface area contributed by atoms with Gasteiger partial charge in [-0.15, -0.1) is 0 Å². The fourth-order valence-electron chi connectivity index (χ4n) is 0.866. The highest BCUT2D eigenvalue weighted by molar-refractivity contribution is 6.29. The van der Waals surface area contributed by atoms with E-state index in [9.17, 15) is 4.79 Å². The van der Waals surface area contributed by atoms with Crippen molar-refractivity contribution in [1.29, 1.82) is 0 Å². The number of pyridine rings is 1. The molecule has 0 aliphatic rings. The molecule has 0 fully saturated rings. The predicted molar refractivity (Wildman–Crippen MR) is 54.9 cm³/mol. The van der Waals surface area contributed by atoms with E-state index in [4.69, 9.17) is 22.4 Å². The summed E-state index contributed by atoms with van der Waals surface area (Å²) in [6, 6.07) is 3.20. The summed E-state index contributed by atoms with van der Waals surface area (Å²) in [4.78, 5) is 14.1. The van der Waals surface area contributed by atoms with E-state index in [0.717, 1.165) is 0 Å². The van der Waals surface area contributed by atoms with Gasteiger partial charge in [-0.25, -0.2) is 4.98 Å². The zero-order chi connectivity index (χ0) is 10.6. The lowest BCUT2D eigenvalue weighted by Crippen LogP contribution is -1.93. The van der Waals surface area contributed by atoms with Gasteiger partial charge < -0.3 is 10.8 Å². The van der Waals surface area contributed by atoms with Gasteiger partial charge in [-0.2, -0.15) is 0 Å². The standard InChI is InChI=1S/C9H9ClN2O2/c10-8-5-4-6(11)7(12-8)2-1-3-9(13)14/h1-2,4-5H,3,11H2,(H,13,14). The van der Waals surface area contributed by atoms with Crippen molar-refractivity contribution in [3.63, 3.8) is 0 Å². The van der Waals surface area contributed by atoms with Crippen LogP contribution in [0.1, 0.15) is 12.1 Å². The molecule has 0 saturated heterocycles. The molecule has 74 valence electrons. The third-order valence-electron chi connectivity index (χ3n) is 1.49. The Kier molecular flexibility index (Phi) is 3.48. The first-order valence-corrected chi connectivity index (χ1v) is 4.28. The molecule has 0 bridgehead atoms. The van der Waals surface area contributed by atoms with Crippen molar-refractivity contribution in [1.82, 2.24) is 4.98 Å². The number of halogens is 1. The van der Waals surface area contributed by atoms with Crippen molar-refractivity contribution in [2.45, 2.75) is 6.42 Å². The number of carboxylic acid groups (broad SMARTS) is 1. The van der Waals surface area contributed by atoms with E-state index in [2.05, 4.69) is 4.98 Å². The molecule has 14 heavy (non-hydrogen) atoms. The fraction of sp³-hybridized carbons (Fsp3) is 0.111. The van der Waals surface area contributed by atoms with E-state index in [0.29, 0.717) is 16.5 Å². The summed E-state index contributed by atoms with van der Waals surface area (Å²) in [7, 11) is 0. The Bertz CT molecular complexity index is 377. The van der Waals surface area contributed by atoms with Crippen molar-refractivity contribution < 1.29 is 9.90 Å². The Morgan fingerprint density at radius 2 is 2.36 bits per heavy atom. The van der Waals surface area contributed by atoms with Gasteiger partial charge in [0, 0.05) is 0 Å². The maximum Gasteiger partial charge on any atom is 0.307 e. The molecule has 0 atom stereocenters. The summed E-state index contributed by atoms with van der Waals surface area (Å²) in [6.07, 6.45) is 2.94. The van der Waals surface area contributed by atoms with E-state index >= 15 is 0 Å². The first-order valence-electron chi connectivity index (χ1n) is 3.90. The van der Waals surface area contributed by atoms with Gasteiger partial charge in [-0.3, -0.25) is 4.79 Å². The van der Waals surface area contributed by atoms with Crippen LogP contribution in [-0.4, -0.2) is 16.1 Å². The van der Waals surface area contributed by atoms with Gasteiger partial charge in [0.25, 0.3) is 0 Å². The van der Waals surface area contributed by atoms with Gasteiger partial charge in [-0.1, -0.05) is 17.7 Å². The first kappa shape index (κ1) is 10.5. The van der Waals surface area contributed by atoms with Crippen LogP contribution in [0.5, 0.6) is 0 Å². The van der Waals surface area contributed by atoms with Crippen molar-refractivity contribution >= 4 is 29.3 Å². The maximum atomic E-state index is 10.2. The molecule has 0 amide bonds. The van der Waals surface area contributed by atoms with Crippen LogP contribution in [-0.2, 0) is 4.79 Å². The maximum absolute atomic E-state index is 10.2. The van der Waals surface area contributed by atoms with Gasteiger partial charge in [0.15, 0.2) is 0 Å². The second kappa shape index (κ2) is 4.62. The molecule has 1 heterocycles. The largest absolute Gasteiger partial charge is 0.481 e. The number of nitrogen functional groups attached to an aromatic ring is 1. The molecule has 4 nitrogen and oxygen atoms in total. The Balaban J connectivity index is 2.80. The number of nitrogens with two attached hydrogens (primary N) is 1. The zero-order valence-electron chi connectivity index (χ0n) is 7.27. The minimum absolute atomic E-state index is 0.0619. The summed E-state index contributed by atoms with van der Waals surface area (Å²) >= 11 is 5.64. The molecule has 0 unspecified atom stereocenters. The molecule has 0 saturated carbocycles. The number of aliphatic carboxylic acids is 1. The number of anilines is 1. The summed E-state index contributed by atoms with van der Waals surface area (Å²) in [5.41, 5.74) is 6.54. The van der Waals surface area contributed by atoms with Crippen LogP contribution < -0.4 is 5.73 Å². The van der Waals surface area contributed by atoms with Crippen LogP contribution in [0.15, 0.2) is 18.2 Å². The Morgan fingerprint density at radius 1 is 1.64 bits per heavy atom. The van der Waals surface area contributed by atoms with E-state index in [1.807, 2.05) is 0 Å². The van der Waals surface area contributed by atoms with Gasteiger partial charge in [0.1, 0.15) is 5.15 Å². The van der Waals surface area contributed by atoms with Gasteiger partial charge in [0.05, 0.1) is 17.8 Å². The molecule has 0 aliphatic heterocycles. The van der Waals surface area contributed by atoms with Crippen LogP contribution in [0.25, 0.3) is 6.08 Å². The van der Waals surface area contributed by atoms with E-state index in [-0.39, 0.29) is 6.42 Å². The SMILES string of the molecule is Nc1ccc(Cl)nc1C=CCC(=O)O. The second-order valence-electron chi connectivity index (χ2n) is 2.61. The smallest absolute Gasteiger partial charge is 0.307 e. The molecule has 1 rings (SSSR count). The average molecular weight is 213 g/mol. The second-order valence-corrected chi connectivity index (χ2v) is 3.00. The molecule has 0 aliphatic carbocycles. The lowest BCUT2D eigenvalue weighted by atomic mass is 10.2.